The number of benzene rings is 8. The molecule has 0 bridgehead atoms. The van der Waals surface area contributed by atoms with Gasteiger partial charge >= 0.3 is 16.0 Å². The summed E-state index contributed by atoms with van der Waals surface area (Å²) in [5.74, 6) is 2.64. The Balaban J connectivity index is 1.10. The summed E-state index contributed by atoms with van der Waals surface area (Å²) in [6, 6.07) is 47.3. The first kappa shape index (κ1) is 73.6. The van der Waals surface area contributed by atoms with E-state index in [9.17, 15) is 9.46 Å². The third kappa shape index (κ3) is 16.4. The molecular formula is C84H108O7P3-. The summed E-state index contributed by atoms with van der Waals surface area (Å²) in [5.41, 5.74) is 15.4. The molecule has 10 heteroatoms. The highest BCUT2D eigenvalue weighted by atomic mass is 31.2. The van der Waals surface area contributed by atoms with Gasteiger partial charge in [-0.25, -0.2) is 4.57 Å². The summed E-state index contributed by atoms with van der Waals surface area (Å²) in [6.45, 7) is 61.5. The van der Waals surface area contributed by atoms with Gasteiger partial charge in [-0.05, 0) is 186 Å². The molecule has 502 valence electrons. The summed E-state index contributed by atoms with van der Waals surface area (Å²) in [6.07, 6.45) is 0. The molecule has 8 aromatic carbocycles. The molecule has 1 unspecified atom stereocenters. The number of hydrogen-bond donors (Lipinski definition) is 0. The average Bonchev–Trinajstić information content (AvgIpc) is 0.782. The fourth-order valence-corrected chi connectivity index (χ4v) is 17.0. The van der Waals surface area contributed by atoms with Crippen LogP contribution in [0, 0.1) is 27.7 Å². The predicted molar refractivity (Wildman–Crippen MR) is 401 cm³/mol. The molecule has 0 radical (unpaired) electrons. The summed E-state index contributed by atoms with van der Waals surface area (Å²) in [7, 11) is -10.2. The molecule has 0 N–H and O–H groups in total. The molecule has 0 fully saturated rings. The Morgan fingerprint density at radius 1 is 0.287 bits per heavy atom. The van der Waals surface area contributed by atoms with Crippen molar-refractivity contribution in [3.63, 3.8) is 0 Å². The van der Waals surface area contributed by atoms with E-state index in [0.29, 0.717) is 16.8 Å². The van der Waals surface area contributed by atoms with Gasteiger partial charge in [0.05, 0.1) is 18.0 Å². The van der Waals surface area contributed by atoms with Crippen LogP contribution in [0.15, 0.2) is 146 Å². The fourth-order valence-electron chi connectivity index (χ4n) is 12.8. The molecule has 1 atom stereocenters. The molecule has 0 amide bonds. The van der Waals surface area contributed by atoms with E-state index in [4.69, 9.17) is 18.1 Å². The third-order valence-corrected chi connectivity index (χ3v) is 23.1. The highest BCUT2D eigenvalue weighted by molar-refractivity contribution is 7.72. The topological polar surface area (TPSA) is 94.1 Å². The molecule has 7 nitrogen and oxygen atoms in total. The van der Waals surface area contributed by atoms with Crippen LogP contribution in [0.4, 0.5) is 0 Å². The minimum absolute atomic E-state index is 0.0560. The van der Waals surface area contributed by atoms with Gasteiger partial charge in [0.1, 0.15) is 23.0 Å². The van der Waals surface area contributed by atoms with E-state index < -0.39 is 23.3 Å². The lowest BCUT2D eigenvalue weighted by Gasteiger charge is -2.32. The Labute approximate surface area is 568 Å². The molecule has 0 aliphatic heterocycles. The summed E-state index contributed by atoms with van der Waals surface area (Å²) < 4.78 is 58.9. The largest absolute Gasteiger partial charge is 0.793 e. The molecular weight excluding hydrogens is 1210 g/mol. The summed E-state index contributed by atoms with van der Waals surface area (Å²) >= 11 is 0. The lowest BCUT2D eigenvalue weighted by molar-refractivity contribution is -0.167. The van der Waals surface area contributed by atoms with E-state index in [1.807, 2.05) is 60.7 Å². The first-order chi connectivity index (χ1) is 42.9. The molecule has 0 aliphatic rings. The molecule has 0 saturated heterocycles. The highest BCUT2D eigenvalue weighted by Crippen LogP contribution is 2.54. The smallest absolute Gasteiger partial charge is 0.462 e. The van der Waals surface area contributed by atoms with Crippen molar-refractivity contribution in [2.24, 2.45) is 0 Å². The van der Waals surface area contributed by atoms with E-state index in [1.165, 1.54) is 33.4 Å². The van der Waals surface area contributed by atoms with Gasteiger partial charge in [-0.1, -0.05) is 263 Å². The maximum atomic E-state index is 16.1. The van der Waals surface area contributed by atoms with Gasteiger partial charge in [0, 0.05) is 32.9 Å². The van der Waals surface area contributed by atoms with Crippen LogP contribution in [0.5, 0.6) is 23.0 Å². The van der Waals surface area contributed by atoms with Crippen molar-refractivity contribution in [2.45, 2.75) is 237 Å². The molecule has 94 heavy (non-hydrogen) atoms. The second-order valence-corrected chi connectivity index (χ2v) is 39.9. The standard InChI is InChI=1S/C84H109O7P3/c1-53-45-73(69(81(17,18)19)49-65(53)77(5,6)7)88-92(89-74-46-54(2)66(78(8,9)10)50-70(74)82(20,21)22)61-37-29-57(30-38-61)58-31-39-62(40-32-58)93(85,86)63-41-33-59(34-42-63)60-35-43-64(44-36-60)94(87,90-75-47-55(3)67(79(11,12)13)51-71(75)83(23,24)25)91-76-48-56(4)68(80(14,15)16)52-72(76)84(26,27)28/h29-52H,1-28H3,(H,85,86)/p-1. The number of aryl methyl sites for hydroxylation is 4. The zero-order valence-electron chi connectivity index (χ0n) is 62.1. The van der Waals surface area contributed by atoms with Gasteiger partial charge in [-0.15, -0.1) is 0 Å². The number of hydrogen-bond acceptors (Lipinski definition) is 7. The Bertz CT molecular complexity index is 4000. The van der Waals surface area contributed by atoms with Gasteiger partial charge in [-0.3, -0.25) is 0 Å². The minimum atomic E-state index is -4.29. The highest BCUT2D eigenvalue weighted by Gasteiger charge is 2.38. The minimum Gasteiger partial charge on any atom is -0.793 e. The molecule has 8 rings (SSSR count). The molecule has 8 aromatic rings. The lowest BCUT2D eigenvalue weighted by Crippen LogP contribution is -2.24. The molecule has 0 saturated carbocycles. The van der Waals surface area contributed by atoms with E-state index >= 15 is 4.57 Å². The zero-order chi connectivity index (χ0) is 70.2. The van der Waals surface area contributed by atoms with Crippen molar-refractivity contribution < 1.29 is 32.1 Å². The van der Waals surface area contributed by atoms with Crippen molar-refractivity contribution in [2.75, 3.05) is 0 Å². The van der Waals surface area contributed by atoms with Crippen LogP contribution in [0.2, 0.25) is 0 Å². The Kier molecular flexibility index (Phi) is 20.4. The van der Waals surface area contributed by atoms with Crippen LogP contribution >= 0.6 is 23.3 Å². The fraction of sp³-hybridized carbons (Fsp3) is 0.429. The normalized spacial score (nSPS) is 13.9. The Morgan fingerprint density at radius 2 is 0.500 bits per heavy atom. The van der Waals surface area contributed by atoms with Crippen LogP contribution in [0.25, 0.3) is 22.3 Å². The average molecular weight is 1320 g/mol. The van der Waals surface area contributed by atoms with Gasteiger partial charge in [0.2, 0.25) is 0 Å². The van der Waals surface area contributed by atoms with Crippen molar-refractivity contribution in [3.8, 4) is 45.3 Å². The maximum Gasteiger partial charge on any atom is 0.462 e. The molecule has 0 spiro atoms. The van der Waals surface area contributed by atoms with Crippen LogP contribution in [0.3, 0.4) is 0 Å². The van der Waals surface area contributed by atoms with Crippen molar-refractivity contribution in [1.29, 1.82) is 0 Å². The quantitative estimate of drug-likeness (QED) is 0.100. The van der Waals surface area contributed by atoms with E-state index in [1.54, 1.807) is 24.3 Å². The Morgan fingerprint density at radius 3 is 0.745 bits per heavy atom. The van der Waals surface area contributed by atoms with E-state index in [0.717, 1.165) is 72.4 Å². The molecule has 0 heterocycles. The van der Waals surface area contributed by atoms with E-state index in [-0.39, 0.29) is 53.9 Å². The first-order valence-electron chi connectivity index (χ1n) is 33.4. The van der Waals surface area contributed by atoms with Gasteiger partial charge in [0.15, 0.2) is 0 Å². The van der Waals surface area contributed by atoms with Gasteiger partial charge < -0.3 is 27.6 Å². The monoisotopic (exact) mass is 1320 g/mol. The van der Waals surface area contributed by atoms with E-state index in [2.05, 4.69) is 255 Å². The number of rotatable bonds is 14. The van der Waals surface area contributed by atoms with Crippen molar-refractivity contribution in [1.82, 2.24) is 0 Å². The van der Waals surface area contributed by atoms with Crippen LogP contribution in [-0.4, -0.2) is 0 Å². The SMILES string of the molecule is Cc1cc(OP(Oc2cc(C)c(C(C)(C)C)cc2C(C)(C)C)c2ccc(-c3ccc(P(=O)([O-])c4ccc(-c5ccc(P(=O)(Oc6cc(C)c(C(C)(C)C)cc6C(C)(C)C)Oc6cc(C)c(C(C)(C)C)cc6C(C)(C)C)cc5)cc4)cc3)cc2)c(C(C)(C)C)cc1C(C)(C)C. The van der Waals surface area contributed by atoms with Crippen molar-refractivity contribution >= 4 is 44.6 Å². The Hall–Kier alpha value is -6.19. The second kappa shape index (κ2) is 26.0. The predicted octanol–water partition coefficient (Wildman–Crippen LogP) is 22.3. The molecule has 0 aromatic heterocycles. The van der Waals surface area contributed by atoms with Gasteiger partial charge in [0.25, 0.3) is 0 Å². The van der Waals surface area contributed by atoms with Crippen LogP contribution < -0.4 is 44.2 Å². The maximum absolute atomic E-state index is 16.1. The zero-order valence-corrected chi connectivity index (χ0v) is 64.7. The van der Waals surface area contributed by atoms with Gasteiger partial charge in [-0.2, -0.15) is 0 Å². The second-order valence-electron chi connectivity index (χ2n) is 34.5. The summed E-state index contributed by atoms with van der Waals surface area (Å²) in [4.78, 5) is 14.4. The van der Waals surface area contributed by atoms with Crippen LogP contribution in [-0.2, 0) is 52.5 Å². The summed E-state index contributed by atoms with van der Waals surface area (Å²) in [5, 5.41) is 1.71. The first-order valence-corrected chi connectivity index (χ1v) is 37.7. The van der Waals surface area contributed by atoms with Crippen molar-refractivity contribution in [3.05, 3.63) is 212 Å². The third-order valence-electron chi connectivity index (χ3n) is 17.9. The molecule has 0 aliphatic carbocycles. The lowest BCUT2D eigenvalue weighted by atomic mass is 9.78. The van der Waals surface area contributed by atoms with Crippen LogP contribution in [0.1, 0.15) is 233 Å².